The van der Waals surface area contributed by atoms with Crippen molar-refractivity contribution < 1.29 is 4.79 Å². The second-order valence-electron chi connectivity index (χ2n) is 2.97. The van der Waals surface area contributed by atoms with E-state index in [0.29, 0.717) is 5.56 Å². The first kappa shape index (κ1) is 12.0. The van der Waals surface area contributed by atoms with Crippen molar-refractivity contribution in [1.82, 2.24) is 4.98 Å². The number of alkyl halides is 1. The maximum absolute atomic E-state index is 11.3. The van der Waals surface area contributed by atoms with Crippen LogP contribution in [0.2, 0.25) is 0 Å². The Labute approximate surface area is 98.7 Å². The van der Waals surface area contributed by atoms with E-state index in [2.05, 4.69) is 4.98 Å². The lowest BCUT2D eigenvalue weighted by Crippen LogP contribution is -1.99. The summed E-state index contributed by atoms with van der Waals surface area (Å²) in [6, 6.07) is 9.24. The normalized spacial score (nSPS) is 9.67. The third-order valence-electron chi connectivity index (χ3n) is 2.05. The second kappa shape index (κ2) is 5.10. The van der Waals surface area contributed by atoms with Crippen LogP contribution < -0.4 is 0 Å². The number of nitrogens with zero attached hydrogens (tertiary/aromatic N) is 1. The Kier molecular flexibility index (Phi) is 4.06. The Hall–Kier alpha value is -1.12. The molecule has 0 saturated carbocycles. The number of carbonyl (C=O) groups is 1. The zero-order valence-corrected chi connectivity index (χ0v) is 9.39. The molecule has 0 N–H and O–H groups in total. The average molecular weight is 242 g/mol. The van der Waals surface area contributed by atoms with Crippen LogP contribution in [-0.2, 0) is 0 Å². The van der Waals surface area contributed by atoms with Gasteiger partial charge in [-0.2, -0.15) is 0 Å². The molecule has 2 aromatic rings. The molecule has 0 fully saturated rings. The number of carbonyl (C=O) groups excluding carboxylic acids is 1. The molecule has 0 amide bonds. The van der Waals surface area contributed by atoms with Gasteiger partial charge in [0.2, 0.25) is 0 Å². The monoisotopic (exact) mass is 241 g/mol. The summed E-state index contributed by atoms with van der Waals surface area (Å²) in [5, 5.41) is 1.03. The van der Waals surface area contributed by atoms with Crippen molar-refractivity contribution in [3.63, 3.8) is 0 Å². The molecule has 0 aliphatic carbocycles. The van der Waals surface area contributed by atoms with Gasteiger partial charge in [0.25, 0.3) is 0 Å². The molecule has 2 nitrogen and oxygen atoms in total. The number of Topliss-reactive ketones (excluding diaryl/α,β-unsaturated/α-hetero) is 1. The predicted molar refractivity (Wildman–Crippen MR) is 64.0 cm³/mol. The Balaban J connectivity index is 0.00000112. The lowest BCUT2D eigenvalue weighted by atomic mass is 10.1. The van der Waals surface area contributed by atoms with Gasteiger partial charge in [-0.1, -0.05) is 18.2 Å². The highest BCUT2D eigenvalue weighted by Gasteiger charge is 2.04. The van der Waals surface area contributed by atoms with E-state index >= 15 is 0 Å². The number of halogens is 2. The van der Waals surface area contributed by atoms with Gasteiger partial charge in [0.15, 0.2) is 5.78 Å². The van der Waals surface area contributed by atoms with E-state index in [0.717, 1.165) is 10.9 Å². The molecule has 1 aromatic carbocycles. The first-order chi connectivity index (χ1) is 6.81. The molecule has 78 valence electrons. The topological polar surface area (TPSA) is 30.0 Å². The van der Waals surface area contributed by atoms with E-state index < -0.39 is 0 Å². The number of pyridine rings is 1. The smallest absolute Gasteiger partial charge is 0.177 e. The molecule has 1 heterocycles. The molecule has 0 radical (unpaired) electrons. The van der Waals surface area contributed by atoms with E-state index in [1.54, 1.807) is 18.3 Å². The van der Waals surface area contributed by atoms with Crippen molar-refractivity contribution in [3.05, 3.63) is 42.1 Å². The van der Waals surface area contributed by atoms with Gasteiger partial charge in [0.1, 0.15) is 0 Å². The fourth-order valence-corrected chi connectivity index (χ4v) is 1.47. The Bertz CT molecular complexity index is 485. The molecule has 0 saturated heterocycles. The molecule has 0 aliphatic rings. The van der Waals surface area contributed by atoms with Gasteiger partial charge in [0.05, 0.1) is 11.4 Å². The van der Waals surface area contributed by atoms with Crippen molar-refractivity contribution in [2.45, 2.75) is 0 Å². The highest BCUT2D eigenvalue weighted by molar-refractivity contribution is 6.30. The standard InChI is InChI=1S/C11H8ClNO.ClH/c12-7-11(14)9-4-3-8-2-1-5-13-10(8)6-9;/h1-6H,7H2;1H. The fourth-order valence-electron chi connectivity index (χ4n) is 1.32. The van der Waals surface area contributed by atoms with Gasteiger partial charge < -0.3 is 0 Å². The minimum absolute atomic E-state index is 0. The Morgan fingerprint density at radius 3 is 2.87 bits per heavy atom. The summed E-state index contributed by atoms with van der Waals surface area (Å²) in [7, 11) is 0. The van der Waals surface area contributed by atoms with Crippen LogP contribution >= 0.6 is 24.0 Å². The van der Waals surface area contributed by atoms with Crippen LogP contribution in [0.3, 0.4) is 0 Å². The number of fused-ring (bicyclic) bond motifs is 1. The second-order valence-corrected chi connectivity index (χ2v) is 3.23. The summed E-state index contributed by atoms with van der Waals surface area (Å²) in [6.07, 6.45) is 1.71. The predicted octanol–water partition coefficient (Wildman–Crippen LogP) is 3.08. The minimum Gasteiger partial charge on any atom is -0.293 e. The molecule has 0 atom stereocenters. The quantitative estimate of drug-likeness (QED) is 0.598. The molecule has 0 bridgehead atoms. The van der Waals surface area contributed by atoms with Crippen molar-refractivity contribution in [1.29, 1.82) is 0 Å². The highest BCUT2D eigenvalue weighted by atomic mass is 35.5. The average Bonchev–Trinajstić information content (AvgIpc) is 2.27. The van der Waals surface area contributed by atoms with Crippen LogP contribution in [0.15, 0.2) is 36.5 Å². The van der Waals surface area contributed by atoms with E-state index in [1.165, 1.54) is 0 Å². The van der Waals surface area contributed by atoms with Crippen LogP contribution in [0.25, 0.3) is 10.9 Å². The first-order valence-corrected chi connectivity index (χ1v) is 4.78. The van der Waals surface area contributed by atoms with E-state index in [-0.39, 0.29) is 24.1 Å². The highest BCUT2D eigenvalue weighted by Crippen LogP contribution is 2.13. The van der Waals surface area contributed by atoms with Crippen molar-refractivity contribution in [2.24, 2.45) is 0 Å². The van der Waals surface area contributed by atoms with Crippen LogP contribution in [0.4, 0.5) is 0 Å². The van der Waals surface area contributed by atoms with Crippen LogP contribution in [0, 0.1) is 0 Å². The first-order valence-electron chi connectivity index (χ1n) is 4.25. The number of benzene rings is 1. The summed E-state index contributed by atoms with van der Waals surface area (Å²) >= 11 is 5.47. The molecule has 2 rings (SSSR count). The van der Waals surface area contributed by atoms with Gasteiger partial charge in [-0.05, 0) is 12.1 Å². The third kappa shape index (κ3) is 2.46. The summed E-state index contributed by atoms with van der Waals surface area (Å²) < 4.78 is 0. The lowest BCUT2D eigenvalue weighted by Gasteiger charge is -1.99. The fraction of sp³-hybridized carbons (Fsp3) is 0.0909. The van der Waals surface area contributed by atoms with E-state index in [4.69, 9.17) is 11.6 Å². The SMILES string of the molecule is Cl.O=C(CCl)c1ccc2cccnc2c1. The molecular weight excluding hydrogens is 233 g/mol. The van der Waals surface area contributed by atoms with Gasteiger partial charge in [-0.15, -0.1) is 24.0 Å². The number of aromatic nitrogens is 1. The minimum atomic E-state index is -0.0702. The van der Waals surface area contributed by atoms with Crippen LogP contribution in [0.5, 0.6) is 0 Å². The van der Waals surface area contributed by atoms with E-state index in [1.807, 2.05) is 18.2 Å². The molecular formula is C11H9Cl2NO. The van der Waals surface area contributed by atoms with Crippen LogP contribution in [0.1, 0.15) is 10.4 Å². The number of rotatable bonds is 2. The number of hydrogen-bond acceptors (Lipinski definition) is 2. The van der Waals surface area contributed by atoms with Gasteiger partial charge in [-0.3, -0.25) is 9.78 Å². The summed E-state index contributed by atoms with van der Waals surface area (Å²) in [6.45, 7) is 0. The molecule has 0 spiro atoms. The molecule has 0 unspecified atom stereocenters. The number of ketones is 1. The largest absolute Gasteiger partial charge is 0.293 e. The molecule has 4 heteroatoms. The third-order valence-corrected chi connectivity index (χ3v) is 2.29. The molecule has 0 aliphatic heterocycles. The molecule has 1 aromatic heterocycles. The van der Waals surface area contributed by atoms with Gasteiger partial charge in [-0.25, -0.2) is 0 Å². The summed E-state index contributed by atoms with van der Waals surface area (Å²) in [5.74, 6) is -0.0579. The van der Waals surface area contributed by atoms with Crippen molar-refractivity contribution in [3.8, 4) is 0 Å². The zero-order chi connectivity index (χ0) is 9.97. The Morgan fingerprint density at radius 2 is 2.13 bits per heavy atom. The van der Waals surface area contributed by atoms with Crippen molar-refractivity contribution in [2.75, 3.05) is 5.88 Å². The maximum atomic E-state index is 11.3. The zero-order valence-electron chi connectivity index (χ0n) is 7.81. The summed E-state index contributed by atoms with van der Waals surface area (Å²) in [4.78, 5) is 15.5. The van der Waals surface area contributed by atoms with Crippen LogP contribution in [-0.4, -0.2) is 16.6 Å². The number of hydrogen-bond donors (Lipinski definition) is 0. The Morgan fingerprint density at radius 1 is 1.33 bits per heavy atom. The van der Waals surface area contributed by atoms with Gasteiger partial charge in [0, 0.05) is 17.1 Å². The van der Waals surface area contributed by atoms with Gasteiger partial charge >= 0.3 is 0 Å². The summed E-state index contributed by atoms with van der Waals surface area (Å²) in [5.41, 5.74) is 1.44. The molecule has 15 heavy (non-hydrogen) atoms. The maximum Gasteiger partial charge on any atom is 0.177 e. The van der Waals surface area contributed by atoms with Crippen molar-refractivity contribution >= 4 is 40.7 Å². The van der Waals surface area contributed by atoms with E-state index in [9.17, 15) is 4.79 Å². The lowest BCUT2D eigenvalue weighted by molar-refractivity contribution is 0.102.